The Labute approximate surface area is 81.7 Å². The zero-order valence-electron chi connectivity index (χ0n) is 8.08. The first-order chi connectivity index (χ1) is 6.54. The lowest BCUT2D eigenvalue weighted by Crippen LogP contribution is -2.26. The molecular weight excluding hydrogens is 185 g/mol. The van der Waals surface area contributed by atoms with Gasteiger partial charge in [0.2, 0.25) is 0 Å². The van der Waals surface area contributed by atoms with Crippen LogP contribution in [0.25, 0.3) is 0 Å². The molecular formula is C10H12FNO2. The third-order valence-corrected chi connectivity index (χ3v) is 1.81. The summed E-state index contributed by atoms with van der Waals surface area (Å²) in [5.74, 6) is -0.495. The molecule has 14 heavy (non-hydrogen) atoms. The molecule has 0 spiro atoms. The molecule has 0 aliphatic rings. The van der Waals surface area contributed by atoms with Gasteiger partial charge in [0, 0.05) is 11.6 Å². The number of Topliss-reactive ketones (excluding diaryl/α,β-unsaturated/α-hetero) is 1. The lowest BCUT2D eigenvalue weighted by molar-refractivity contribution is 0.0967. The van der Waals surface area contributed by atoms with E-state index in [9.17, 15) is 9.18 Å². The second-order valence-electron chi connectivity index (χ2n) is 3.03. The van der Waals surface area contributed by atoms with Crippen LogP contribution in [0.4, 0.5) is 4.39 Å². The van der Waals surface area contributed by atoms with Crippen molar-refractivity contribution < 1.29 is 13.9 Å². The average Bonchev–Trinajstić information content (AvgIpc) is 2.15. The zero-order chi connectivity index (χ0) is 10.7. The van der Waals surface area contributed by atoms with Crippen LogP contribution in [0.2, 0.25) is 0 Å². The highest BCUT2D eigenvalue weighted by Crippen LogP contribution is 2.16. The van der Waals surface area contributed by atoms with Crippen LogP contribution in [0.15, 0.2) is 18.2 Å². The second-order valence-corrected chi connectivity index (χ2v) is 3.03. The molecule has 1 atom stereocenters. The molecule has 4 heteroatoms. The van der Waals surface area contributed by atoms with Crippen LogP contribution in [0.1, 0.15) is 17.3 Å². The summed E-state index contributed by atoms with van der Waals surface area (Å²) in [4.78, 5) is 11.4. The molecule has 1 aromatic carbocycles. The summed E-state index contributed by atoms with van der Waals surface area (Å²) in [6.45, 7) is 1.56. The van der Waals surface area contributed by atoms with E-state index in [2.05, 4.69) is 0 Å². The molecule has 1 rings (SSSR count). The van der Waals surface area contributed by atoms with Crippen molar-refractivity contribution in [3.8, 4) is 5.75 Å². The van der Waals surface area contributed by atoms with Crippen molar-refractivity contribution in [3.05, 3.63) is 29.6 Å². The van der Waals surface area contributed by atoms with Crippen molar-refractivity contribution in [2.24, 2.45) is 5.73 Å². The monoisotopic (exact) mass is 197 g/mol. The first-order valence-corrected chi connectivity index (χ1v) is 4.19. The van der Waals surface area contributed by atoms with E-state index in [-0.39, 0.29) is 11.3 Å². The molecule has 76 valence electrons. The molecule has 0 saturated heterocycles. The summed E-state index contributed by atoms with van der Waals surface area (Å²) in [6, 6.07) is 3.18. The number of nitrogens with two attached hydrogens (primary N) is 1. The van der Waals surface area contributed by atoms with Crippen molar-refractivity contribution in [2.75, 3.05) is 7.11 Å². The minimum Gasteiger partial charge on any atom is -0.497 e. The molecule has 0 heterocycles. The van der Waals surface area contributed by atoms with Crippen molar-refractivity contribution in [2.45, 2.75) is 13.0 Å². The molecule has 0 amide bonds. The molecule has 2 N–H and O–H groups in total. The van der Waals surface area contributed by atoms with Crippen LogP contribution in [-0.4, -0.2) is 18.9 Å². The summed E-state index contributed by atoms with van der Waals surface area (Å²) in [7, 11) is 1.41. The summed E-state index contributed by atoms with van der Waals surface area (Å²) in [6.07, 6.45) is 0. The molecule has 1 aromatic rings. The quantitative estimate of drug-likeness (QED) is 0.744. The van der Waals surface area contributed by atoms with Crippen LogP contribution in [0.3, 0.4) is 0 Å². The SMILES string of the molecule is COc1cc(F)cc(C(=O)C(C)N)c1. The fourth-order valence-electron chi connectivity index (χ4n) is 1.09. The molecule has 1 unspecified atom stereocenters. The number of carbonyl (C=O) groups excluding carboxylic acids is 1. The van der Waals surface area contributed by atoms with E-state index >= 15 is 0 Å². The lowest BCUT2D eigenvalue weighted by Gasteiger charge is -2.06. The Bertz CT molecular complexity index is 350. The number of hydrogen-bond donors (Lipinski definition) is 1. The summed E-state index contributed by atoms with van der Waals surface area (Å²) < 4.78 is 17.8. The summed E-state index contributed by atoms with van der Waals surface area (Å²) in [5.41, 5.74) is 5.63. The molecule has 0 fully saturated rings. The molecule has 0 bridgehead atoms. The highest BCUT2D eigenvalue weighted by molar-refractivity contribution is 6.00. The highest BCUT2D eigenvalue weighted by atomic mass is 19.1. The topological polar surface area (TPSA) is 52.3 Å². The van der Waals surface area contributed by atoms with Gasteiger partial charge in [-0.25, -0.2) is 4.39 Å². The van der Waals surface area contributed by atoms with E-state index in [0.717, 1.165) is 6.07 Å². The van der Waals surface area contributed by atoms with Crippen molar-refractivity contribution >= 4 is 5.78 Å². The molecule has 0 aromatic heterocycles. The number of hydrogen-bond acceptors (Lipinski definition) is 3. The maximum Gasteiger partial charge on any atom is 0.179 e. The van der Waals surface area contributed by atoms with Crippen LogP contribution in [-0.2, 0) is 0 Å². The van der Waals surface area contributed by atoms with Gasteiger partial charge in [0.1, 0.15) is 11.6 Å². The molecule has 0 aliphatic heterocycles. The number of ether oxygens (including phenoxy) is 1. The predicted molar refractivity (Wildman–Crippen MR) is 50.9 cm³/mol. The number of ketones is 1. The first-order valence-electron chi connectivity index (χ1n) is 4.19. The maximum atomic E-state index is 13.0. The maximum absolute atomic E-state index is 13.0. The van der Waals surface area contributed by atoms with Crippen molar-refractivity contribution in [3.63, 3.8) is 0 Å². The van der Waals surface area contributed by atoms with Gasteiger partial charge in [0.25, 0.3) is 0 Å². The smallest absolute Gasteiger partial charge is 0.179 e. The van der Waals surface area contributed by atoms with E-state index in [1.165, 1.54) is 19.2 Å². The standard InChI is InChI=1S/C10H12FNO2/c1-6(12)10(13)7-3-8(11)5-9(4-7)14-2/h3-6H,12H2,1-2H3. The Hall–Kier alpha value is -1.42. The molecule has 0 aliphatic carbocycles. The largest absolute Gasteiger partial charge is 0.497 e. The van der Waals surface area contributed by atoms with Gasteiger partial charge >= 0.3 is 0 Å². The fourth-order valence-corrected chi connectivity index (χ4v) is 1.09. The normalized spacial score (nSPS) is 12.3. The van der Waals surface area contributed by atoms with Crippen molar-refractivity contribution in [1.29, 1.82) is 0 Å². The number of methoxy groups -OCH3 is 1. The number of carbonyl (C=O) groups is 1. The van der Waals surface area contributed by atoms with Crippen LogP contribution < -0.4 is 10.5 Å². The summed E-state index contributed by atoms with van der Waals surface area (Å²) in [5, 5.41) is 0. The first kappa shape index (κ1) is 10.7. The molecule has 3 nitrogen and oxygen atoms in total. The Morgan fingerprint density at radius 3 is 2.64 bits per heavy atom. The van der Waals surface area contributed by atoms with E-state index in [4.69, 9.17) is 10.5 Å². The van der Waals surface area contributed by atoms with Gasteiger partial charge in [0.05, 0.1) is 13.2 Å². The number of benzene rings is 1. The van der Waals surface area contributed by atoms with Gasteiger partial charge < -0.3 is 10.5 Å². The Balaban J connectivity index is 3.09. The van der Waals surface area contributed by atoms with Crippen molar-refractivity contribution in [1.82, 2.24) is 0 Å². The van der Waals surface area contributed by atoms with Gasteiger partial charge in [0.15, 0.2) is 5.78 Å². The third kappa shape index (κ3) is 2.29. The number of rotatable bonds is 3. The van der Waals surface area contributed by atoms with Crippen LogP contribution in [0, 0.1) is 5.82 Å². The van der Waals surface area contributed by atoms with Crippen LogP contribution in [0.5, 0.6) is 5.75 Å². The van der Waals surface area contributed by atoms with E-state index in [1.54, 1.807) is 6.92 Å². The average molecular weight is 197 g/mol. The van der Waals surface area contributed by atoms with Gasteiger partial charge in [-0.15, -0.1) is 0 Å². The van der Waals surface area contributed by atoms with Gasteiger partial charge in [-0.05, 0) is 19.1 Å². The minimum atomic E-state index is -0.637. The van der Waals surface area contributed by atoms with Crippen LogP contribution >= 0.6 is 0 Å². The van der Waals surface area contributed by atoms with Gasteiger partial charge in [-0.2, -0.15) is 0 Å². The minimum absolute atomic E-state index is 0.233. The third-order valence-electron chi connectivity index (χ3n) is 1.81. The van der Waals surface area contributed by atoms with E-state index in [0.29, 0.717) is 5.75 Å². The predicted octanol–water partition coefficient (Wildman–Crippen LogP) is 1.36. The van der Waals surface area contributed by atoms with E-state index < -0.39 is 11.9 Å². The Morgan fingerprint density at radius 2 is 2.14 bits per heavy atom. The fraction of sp³-hybridized carbons (Fsp3) is 0.300. The Kier molecular flexibility index (Phi) is 3.19. The second kappa shape index (κ2) is 4.19. The summed E-state index contributed by atoms with van der Waals surface area (Å²) >= 11 is 0. The van der Waals surface area contributed by atoms with Gasteiger partial charge in [-0.3, -0.25) is 4.79 Å². The molecule has 0 radical (unpaired) electrons. The van der Waals surface area contributed by atoms with E-state index in [1.807, 2.05) is 0 Å². The highest BCUT2D eigenvalue weighted by Gasteiger charge is 2.12. The molecule has 0 saturated carbocycles. The lowest BCUT2D eigenvalue weighted by atomic mass is 10.1. The Morgan fingerprint density at radius 1 is 1.50 bits per heavy atom. The number of halogens is 1. The zero-order valence-corrected chi connectivity index (χ0v) is 8.08. The van der Waals surface area contributed by atoms with Gasteiger partial charge in [-0.1, -0.05) is 0 Å².